The fourth-order valence-electron chi connectivity index (χ4n) is 2.46. The minimum absolute atomic E-state index is 0.585. The predicted molar refractivity (Wildman–Crippen MR) is 89.9 cm³/mol. The van der Waals surface area contributed by atoms with E-state index in [0.29, 0.717) is 17.8 Å². The number of nitrogens with zero attached hydrogens (tertiary/aromatic N) is 2. The minimum atomic E-state index is 0.585. The molecule has 1 heterocycles. The summed E-state index contributed by atoms with van der Waals surface area (Å²) in [5.74, 6) is 0.778. The normalized spacial score (nSPS) is 10.5. The van der Waals surface area contributed by atoms with Gasteiger partial charge in [0.15, 0.2) is 6.29 Å². The number of carbonyl (C=O) groups excluding carboxylic acids is 1. The van der Waals surface area contributed by atoms with Crippen molar-refractivity contribution >= 4 is 6.29 Å². The maximum atomic E-state index is 11.4. The lowest BCUT2D eigenvalue weighted by Gasteiger charge is -2.03. The molecule has 2 aromatic carbocycles. The first-order chi connectivity index (χ1) is 11.2. The number of ether oxygens (including phenoxy) is 1. The summed E-state index contributed by atoms with van der Waals surface area (Å²) in [6, 6.07) is 15.8. The van der Waals surface area contributed by atoms with Gasteiger partial charge in [-0.25, -0.2) is 0 Å². The Labute approximate surface area is 135 Å². The van der Waals surface area contributed by atoms with Crippen molar-refractivity contribution in [1.82, 2.24) is 9.78 Å². The van der Waals surface area contributed by atoms with Crippen molar-refractivity contribution in [2.75, 3.05) is 7.11 Å². The fraction of sp³-hybridized carbons (Fsp3) is 0.158. The van der Waals surface area contributed by atoms with Crippen molar-refractivity contribution in [3.05, 3.63) is 71.4 Å². The van der Waals surface area contributed by atoms with Crippen LogP contribution in [-0.2, 0) is 6.54 Å². The Hall–Kier alpha value is -2.88. The van der Waals surface area contributed by atoms with Crippen molar-refractivity contribution < 1.29 is 9.53 Å². The molecule has 3 rings (SSSR count). The highest BCUT2D eigenvalue weighted by atomic mass is 16.5. The Kier molecular flexibility index (Phi) is 4.24. The van der Waals surface area contributed by atoms with Crippen LogP contribution in [0.5, 0.6) is 5.75 Å². The molecule has 1 aromatic heterocycles. The predicted octanol–water partition coefficient (Wildman–Crippen LogP) is 3.73. The van der Waals surface area contributed by atoms with Crippen molar-refractivity contribution in [2.24, 2.45) is 0 Å². The number of hydrogen-bond donors (Lipinski definition) is 0. The van der Waals surface area contributed by atoms with Crippen molar-refractivity contribution in [3.8, 4) is 17.0 Å². The molecule has 0 fully saturated rings. The van der Waals surface area contributed by atoms with Crippen LogP contribution in [0.3, 0.4) is 0 Å². The van der Waals surface area contributed by atoms with Gasteiger partial charge >= 0.3 is 0 Å². The van der Waals surface area contributed by atoms with Gasteiger partial charge in [-0.3, -0.25) is 9.48 Å². The SMILES string of the molecule is COc1ccc(-c2nn(Cc3ccc(C)cc3)cc2C=O)cc1. The summed E-state index contributed by atoms with van der Waals surface area (Å²) in [4.78, 5) is 11.4. The molecule has 0 aliphatic rings. The van der Waals surface area contributed by atoms with Crippen LogP contribution in [0.1, 0.15) is 21.5 Å². The molecule has 0 atom stereocenters. The van der Waals surface area contributed by atoms with Crippen LogP contribution in [0.25, 0.3) is 11.3 Å². The molecule has 0 bridgehead atoms. The van der Waals surface area contributed by atoms with Crippen LogP contribution in [0.4, 0.5) is 0 Å². The second kappa shape index (κ2) is 6.48. The van der Waals surface area contributed by atoms with Crippen LogP contribution in [0, 0.1) is 6.92 Å². The largest absolute Gasteiger partial charge is 0.497 e. The molecule has 0 radical (unpaired) electrons. The zero-order valence-electron chi connectivity index (χ0n) is 13.2. The first-order valence-electron chi connectivity index (χ1n) is 7.42. The van der Waals surface area contributed by atoms with E-state index in [1.54, 1.807) is 18.0 Å². The van der Waals surface area contributed by atoms with Crippen molar-refractivity contribution in [3.63, 3.8) is 0 Å². The standard InChI is InChI=1S/C19H18N2O2/c1-14-3-5-15(6-4-14)11-21-12-17(13-22)19(20-21)16-7-9-18(23-2)10-8-16/h3-10,12-13H,11H2,1-2H3. The van der Waals surface area contributed by atoms with E-state index in [0.717, 1.165) is 23.2 Å². The van der Waals surface area contributed by atoms with E-state index in [1.807, 2.05) is 24.3 Å². The monoisotopic (exact) mass is 306 g/mol. The molecular formula is C19H18N2O2. The molecule has 0 saturated carbocycles. The van der Waals surface area contributed by atoms with Gasteiger partial charge in [0.2, 0.25) is 0 Å². The Balaban J connectivity index is 1.90. The van der Waals surface area contributed by atoms with Crippen molar-refractivity contribution in [2.45, 2.75) is 13.5 Å². The fourth-order valence-corrected chi connectivity index (χ4v) is 2.46. The summed E-state index contributed by atoms with van der Waals surface area (Å²) in [7, 11) is 1.63. The molecule has 0 aliphatic heterocycles. The van der Waals surface area contributed by atoms with Crippen LogP contribution in [0.15, 0.2) is 54.7 Å². The van der Waals surface area contributed by atoms with Gasteiger partial charge in [-0.15, -0.1) is 0 Å². The third-order valence-corrected chi connectivity index (χ3v) is 3.75. The molecule has 116 valence electrons. The molecule has 4 nitrogen and oxygen atoms in total. The molecular weight excluding hydrogens is 288 g/mol. The maximum Gasteiger partial charge on any atom is 0.153 e. The number of aldehydes is 1. The maximum absolute atomic E-state index is 11.4. The van der Waals surface area contributed by atoms with Crippen LogP contribution in [0.2, 0.25) is 0 Å². The third-order valence-electron chi connectivity index (χ3n) is 3.75. The smallest absolute Gasteiger partial charge is 0.153 e. The first kappa shape index (κ1) is 15.0. The quantitative estimate of drug-likeness (QED) is 0.675. The number of carbonyl (C=O) groups is 1. The van der Waals surface area contributed by atoms with Crippen LogP contribution < -0.4 is 4.74 Å². The minimum Gasteiger partial charge on any atom is -0.497 e. The van der Waals surface area contributed by atoms with Crippen molar-refractivity contribution in [1.29, 1.82) is 0 Å². The van der Waals surface area contributed by atoms with E-state index in [-0.39, 0.29) is 0 Å². The molecule has 0 amide bonds. The highest BCUT2D eigenvalue weighted by molar-refractivity contribution is 5.85. The van der Waals surface area contributed by atoms with E-state index in [2.05, 4.69) is 36.3 Å². The molecule has 0 aliphatic carbocycles. The average molecular weight is 306 g/mol. The zero-order chi connectivity index (χ0) is 16.2. The summed E-state index contributed by atoms with van der Waals surface area (Å²) in [6.45, 7) is 2.70. The van der Waals surface area contributed by atoms with Gasteiger partial charge in [0.1, 0.15) is 11.4 Å². The van der Waals surface area contributed by atoms with Gasteiger partial charge in [-0.2, -0.15) is 5.10 Å². The lowest BCUT2D eigenvalue weighted by molar-refractivity contribution is 0.112. The number of aromatic nitrogens is 2. The summed E-state index contributed by atoms with van der Waals surface area (Å²) in [5, 5.41) is 4.57. The molecule has 0 spiro atoms. The van der Waals surface area contributed by atoms with Crippen LogP contribution >= 0.6 is 0 Å². The van der Waals surface area contributed by atoms with Gasteiger partial charge in [-0.05, 0) is 36.8 Å². The number of hydrogen-bond acceptors (Lipinski definition) is 3. The van der Waals surface area contributed by atoms with Gasteiger partial charge in [-0.1, -0.05) is 29.8 Å². The van der Waals surface area contributed by atoms with Crippen LogP contribution in [-0.4, -0.2) is 23.2 Å². The Morgan fingerprint density at radius 3 is 2.39 bits per heavy atom. The van der Waals surface area contributed by atoms with Gasteiger partial charge in [0.25, 0.3) is 0 Å². The van der Waals surface area contributed by atoms with E-state index in [9.17, 15) is 4.79 Å². The Morgan fingerprint density at radius 1 is 1.09 bits per heavy atom. The average Bonchev–Trinajstić information content (AvgIpc) is 3.00. The van der Waals surface area contributed by atoms with Gasteiger partial charge < -0.3 is 4.74 Å². The molecule has 0 saturated heterocycles. The summed E-state index contributed by atoms with van der Waals surface area (Å²) < 4.78 is 6.96. The van der Waals surface area contributed by atoms with Gasteiger partial charge in [0, 0.05) is 11.8 Å². The van der Waals surface area contributed by atoms with E-state index < -0.39 is 0 Å². The second-order valence-electron chi connectivity index (χ2n) is 5.46. The lowest BCUT2D eigenvalue weighted by Crippen LogP contribution is -2.00. The lowest BCUT2D eigenvalue weighted by atomic mass is 10.1. The topological polar surface area (TPSA) is 44.1 Å². The Morgan fingerprint density at radius 2 is 1.78 bits per heavy atom. The van der Waals surface area contributed by atoms with E-state index >= 15 is 0 Å². The number of benzene rings is 2. The number of rotatable bonds is 5. The Bertz CT molecular complexity index is 802. The summed E-state index contributed by atoms with van der Waals surface area (Å²) in [6.07, 6.45) is 2.63. The highest BCUT2D eigenvalue weighted by Crippen LogP contribution is 2.24. The molecule has 0 unspecified atom stereocenters. The molecule has 4 heteroatoms. The number of methoxy groups -OCH3 is 1. The second-order valence-corrected chi connectivity index (χ2v) is 5.46. The van der Waals surface area contributed by atoms with E-state index in [1.165, 1.54) is 5.56 Å². The molecule has 23 heavy (non-hydrogen) atoms. The molecule has 3 aromatic rings. The number of aryl methyl sites for hydroxylation is 1. The first-order valence-corrected chi connectivity index (χ1v) is 7.42. The van der Waals surface area contributed by atoms with Gasteiger partial charge in [0.05, 0.1) is 19.2 Å². The summed E-state index contributed by atoms with van der Waals surface area (Å²) >= 11 is 0. The molecule has 0 N–H and O–H groups in total. The zero-order valence-corrected chi connectivity index (χ0v) is 13.2. The summed E-state index contributed by atoms with van der Waals surface area (Å²) in [5.41, 5.74) is 4.55. The highest BCUT2D eigenvalue weighted by Gasteiger charge is 2.11. The van der Waals surface area contributed by atoms with E-state index in [4.69, 9.17) is 4.74 Å². The third kappa shape index (κ3) is 3.31.